The van der Waals surface area contributed by atoms with Crippen molar-refractivity contribution in [1.82, 2.24) is 5.43 Å². The van der Waals surface area contributed by atoms with Crippen LogP contribution < -0.4 is 20.2 Å². The molecule has 0 saturated heterocycles. The van der Waals surface area contributed by atoms with Gasteiger partial charge in [-0.25, -0.2) is 5.43 Å². The van der Waals surface area contributed by atoms with Crippen molar-refractivity contribution in [3.8, 4) is 11.5 Å². The minimum absolute atomic E-state index is 0.0197. The molecule has 0 saturated carbocycles. The average Bonchev–Trinajstić information content (AvgIpc) is 2.74. The first-order valence-corrected chi connectivity index (χ1v) is 9.52. The molecule has 29 heavy (non-hydrogen) atoms. The fourth-order valence-electron chi connectivity index (χ4n) is 2.61. The summed E-state index contributed by atoms with van der Waals surface area (Å²) >= 11 is 0. The van der Waals surface area contributed by atoms with E-state index in [1.807, 2.05) is 0 Å². The first-order chi connectivity index (χ1) is 14.1. The molecule has 0 aromatic heterocycles. The van der Waals surface area contributed by atoms with Crippen LogP contribution in [0, 0.1) is 0 Å². The van der Waals surface area contributed by atoms with Crippen LogP contribution in [0.3, 0.4) is 0 Å². The molecule has 2 aromatic rings. The van der Waals surface area contributed by atoms with Gasteiger partial charge in [0.15, 0.2) is 0 Å². The van der Waals surface area contributed by atoms with Crippen molar-refractivity contribution in [3.05, 3.63) is 53.6 Å². The lowest BCUT2D eigenvalue weighted by atomic mass is 10.1. The molecule has 7 heteroatoms. The molecule has 2 aromatic carbocycles. The van der Waals surface area contributed by atoms with Gasteiger partial charge >= 0.3 is 0 Å². The predicted molar refractivity (Wildman–Crippen MR) is 114 cm³/mol. The van der Waals surface area contributed by atoms with E-state index >= 15 is 0 Å². The number of carbonyl (C=O) groups excluding carboxylic acids is 2. The van der Waals surface area contributed by atoms with Gasteiger partial charge in [-0.3, -0.25) is 9.59 Å². The van der Waals surface area contributed by atoms with Gasteiger partial charge < -0.3 is 14.8 Å². The molecule has 0 aliphatic heterocycles. The molecule has 0 heterocycles. The Hall–Kier alpha value is -3.35. The number of nitrogens with one attached hydrogen (secondary N) is 2. The van der Waals surface area contributed by atoms with Crippen LogP contribution in [0.1, 0.15) is 48.5 Å². The third-order valence-electron chi connectivity index (χ3n) is 4.25. The van der Waals surface area contributed by atoms with Crippen molar-refractivity contribution >= 4 is 23.7 Å². The third-order valence-corrected chi connectivity index (χ3v) is 4.25. The molecule has 2 N–H and O–H groups in total. The van der Waals surface area contributed by atoms with E-state index in [9.17, 15) is 9.59 Å². The highest BCUT2D eigenvalue weighted by molar-refractivity contribution is 5.96. The van der Waals surface area contributed by atoms with Gasteiger partial charge in [-0.05, 0) is 42.8 Å². The van der Waals surface area contributed by atoms with Crippen molar-refractivity contribution in [1.29, 1.82) is 0 Å². The molecule has 2 amide bonds. The Balaban J connectivity index is 1.91. The summed E-state index contributed by atoms with van der Waals surface area (Å²) in [6, 6.07) is 12.0. The maximum Gasteiger partial charge on any atom is 0.271 e. The number of ether oxygens (including phenoxy) is 2. The molecule has 0 fully saturated rings. The minimum Gasteiger partial charge on any atom is -0.497 e. The zero-order valence-electron chi connectivity index (χ0n) is 17.0. The second-order valence-corrected chi connectivity index (χ2v) is 6.39. The quantitative estimate of drug-likeness (QED) is 0.360. The average molecular weight is 397 g/mol. The number of unbranched alkanes of at least 4 members (excludes halogenated alkanes) is 2. The maximum atomic E-state index is 12.2. The second kappa shape index (κ2) is 11.5. The molecular formula is C22H27N3O4. The van der Waals surface area contributed by atoms with Gasteiger partial charge in [-0.15, -0.1) is 0 Å². The molecule has 0 atom stereocenters. The largest absolute Gasteiger partial charge is 0.497 e. The fourth-order valence-corrected chi connectivity index (χ4v) is 2.61. The van der Waals surface area contributed by atoms with Crippen molar-refractivity contribution in [2.45, 2.75) is 32.6 Å². The summed E-state index contributed by atoms with van der Waals surface area (Å²) < 4.78 is 10.4. The van der Waals surface area contributed by atoms with Crippen LogP contribution in [-0.4, -0.2) is 32.2 Å². The number of hydrazone groups is 1. The van der Waals surface area contributed by atoms with E-state index in [1.165, 1.54) is 6.21 Å². The highest BCUT2D eigenvalue weighted by Gasteiger charge is 2.07. The zero-order valence-corrected chi connectivity index (χ0v) is 17.0. The smallest absolute Gasteiger partial charge is 0.271 e. The van der Waals surface area contributed by atoms with Gasteiger partial charge in [0.1, 0.15) is 11.5 Å². The summed E-state index contributed by atoms with van der Waals surface area (Å²) in [6.45, 7) is 2.10. The Kier molecular flexibility index (Phi) is 8.69. The summed E-state index contributed by atoms with van der Waals surface area (Å²) in [5.74, 6) is 0.880. The normalized spacial score (nSPS) is 10.6. The lowest BCUT2D eigenvalue weighted by molar-refractivity contribution is -0.116. The molecule has 0 radical (unpaired) electrons. The van der Waals surface area contributed by atoms with Gasteiger partial charge in [-0.1, -0.05) is 19.8 Å². The zero-order chi connectivity index (χ0) is 21.1. The summed E-state index contributed by atoms with van der Waals surface area (Å²) in [7, 11) is 3.13. The molecule has 2 rings (SSSR count). The molecule has 154 valence electrons. The van der Waals surface area contributed by atoms with E-state index in [4.69, 9.17) is 9.47 Å². The molecule has 0 bridgehead atoms. The first-order valence-electron chi connectivity index (χ1n) is 9.52. The summed E-state index contributed by atoms with van der Waals surface area (Å²) in [5, 5.41) is 6.81. The SMILES string of the molecule is CCCCCC(=O)Nc1ccc(C(=O)N/N=C/c2ccc(OC)cc2OC)cc1. The standard InChI is InChI=1S/C22H27N3O4/c1-4-5-6-7-21(26)24-18-11-8-16(9-12-18)22(27)25-23-15-17-10-13-19(28-2)14-20(17)29-3/h8-15H,4-7H2,1-3H3,(H,24,26)(H,25,27)/b23-15+. The topological polar surface area (TPSA) is 89.0 Å². The lowest BCUT2D eigenvalue weighted by Gasteiger charge is -2.07. The summed E-state index contributed by atoms with van der Waals surface area (Å²) in [5.41, 5.74) is 4.28. The molecular weight excluding hydrogens is 370 g/mol. The van der Waals surface area contributed by atoms with Crippen molar-refractivity contribution in [2.24, 2.45) is 5.10 Å². The second-order valence-electron chi connectivity index (χ2n) is 6.39. The number of nitrogens with zero attached hydrogens (tertiary/aromatic N) is 1. The van der Waals surface area contributed by atoms with E-state index in [0.29, 0.717) is 34.7 Å². The van der Waals surface area contributed by atoms with E-state index in [-0.39, 0.29) is 11.8 Å². The van der Waals surface area contributed by atoms with E-state index in [0.717, 1.165) is 19.3 Å². The predicted octanol–water partition coefficient (Wildman–Crippen LogP) is 3.99. The highest BCUT2D eigenvalue weighted by Crippen LogP contribution is 2.23. The van der Waals surface area contributed by atoms with E-state index in [2.05, 4.69) is 22.8 Å². The third kappa shape index (κ3) is 6.95. The summed E-state index contributed by atoms with van der Waals surface area (Å²) in [4.78, 5) is 24.1. The first kappa shape index (κ1) is 21.9. The van der Waals surface area contributed by atoms with Crippen molar-refractivity contribution in [3.63, 3.8) is 0 Å². The molecule has 0 aliphatic carbocycles. The monoisotopic (exact) mass is 397 g/mol. The Labute approximate surface area is 171 Å². The van der Waals surface area contributed by atoms with Crippen LogP contribution >= 0.6 is 0 Å². The number of benzene rings is 2. The maximum absolute atomic E-state index is 12.2. The number of amides is 2. The Morgan fingerprint density at radius 1 is 1.03 bits per heavy atom. The molecule has 0 unspecified atom stereocenters. The number of hydrogen-bond donors (Lipinski definition) is 2. The number of methoxy groups -OCH3 is 2. The molecule has 0 spiro atoms. The van der Waals surface area contributed by atoms with Gasteiger partial charge in [0, 0.05) is 29.3 Å². The van der Waals surface area contributed by atoms with Gasteiger partial charge in [-0.2, -0.15) is 5.10 Å². The van der Waals surface area contributed by atoms with Crippen LogP contribution in [0.2, 0.25) is 0 Å². The Bertz CT molecular complexity index is 848. The van der Waals surface area contributed by atoms with Crippen molar-refractivity contribution in [2.75, 3.05) is 19.5 Å². The van der Waals surface area contributed by atoms with E-state index in [1.54, 1.807) is 56.7 Å². The summed E-state index contributed by atoms with van der Waals surface area (Å²) in [6.07, 6.45) is 4.99. The number of hydrogen-bond acceptors (Lipinski definition) is 5. The van der Waals surface area contributed by atoms with Gasteiger partial charge in [0.25, 0.3) is 5.91 Å². The van der Waals surface area contributed by atoms with Crippen LogP contribution in [0.15, 0.2) is 47.6 Å². The van der Waals surface area contributed by atoms with Gasteiger partial charge in [0.2, 0.25) is 5.91 Å². The number of rotatable bonds is 10. The van der Waals surface area contributed by atoms with Gasteiger partial charge in [0.05, 0.1) is 20.4 Å². The van der Waals surface area contributed by atoms with Crippen molar-refractivity contribution < 1.29 is 19.1 Å². The van der Waals surface area contributed by atoms with Crippen LogP contribution in [0.5, 0.6) is 11.5 Å². The Morgan fingerprint density at radius 3 is 2.45 bits per heavy atom. The molecule has 7 nitrogen and oxygen atoms in total. The van der Waals surface area contributed by atoms with Crippen LogP contribution in [0.4, 0.5) is 5.69 Å². The van der Waals surface area contributed by atoms with Crippen LogP contribution in [0.25, 0.3) is 0 Å². The fraction of sp³-hybridized carbons (Fsp3) is 0.318. The van der Waals surface area contributed by atoms with E-state index < -0.39 is 0 Å². The number of carbonyl (C=O) groups is 2. The van der Waals surface area contributed by atoms with Crippen LogP contribution in [-0.2, 0) is 4.79 Å². The lowest BCUT2D eigenvalue weighted by Crippen LogP contribution is -2.18. The highest BCUT2D eigenvalue weighted by atomic mass is 16.5. The molecule has 0 aliphatic rings. The minimum atomic E-state index is -0.352. The Morgan fingerprint density at radius 2 is 1.79 bits per heavy atom. The number of anilines is 1.